The van der Waals surface area contributed by atoms with Crippen LogP contribution in [0.25, 0.3) is 0 Å². The molecule has 0 aliphatic carbocycles. The lowest BCUT2D eigenvalue weighted by Gasteiger charge is -2.32. The summed E-state index contributed by atoms with van der Waals surface area (Å²) >= 11 is 0. The van der Waals surface area contributed by atoms with Crippen LogP contribution in [-0.2, 0) is 4.79 Å². The second-order valence-corrected chi connectivity index (χ2v) is 3.98. The normalized spacial score (nSPS) is 15.4. The van der Waals surface area contributed by atoms with Crippen molar-refractivity contribution >= 4 is 5.91 Å². The molecular formula is C10H17F3N2O. The number of nitrogens with zero attached hydrogens (tertiary/aromatic N) is 1. The number of likely N-dealkylation sites (N-methyl/N-ethyl adjacent to an activating group) is 1. The number of hydrogen-bond acceptors (Lipinski definition) is 2. The van der Waals surface area contributed by atoms with Gasteiger partial charge in [0.2, 0.25) is 0 Å². The van der Waals surface area contributed by atoms with Gasteiger partial charge in [-0.1, -0.05) is 12.2 Å². The van der Waals surface area contributed by atoms with E-state index in [0.717, 1.165) is 4.90 Å². The molecule has 3 nitrogen and oxygen atoms in total. The molecule has 16 heavy (non-hydrogen) atoms. The second kappa shape index (κ2) is 4.86. The first-order valence-corrected chi connectivity index (χ1v) is 4.83. The Morgan fingerprint density at radius 3 is 2.12 bits per heavy atom. The van der Waals surface area contributed by atoms with Crippen LogP contribution in [0.1, 0.15) is 20.8 Å². The standard InChI is InChI=1S/C10H17F3N2O/c1-5-15(6-7(2)3)8(16)9(4,14)10(11,12)13/h2,5-6,14H2,1,3-4H3. The summed E-state index contributed by atoms with van der Waals surface area (Å²) in [6.45, 7) is 7.70. The minimum atomic E-state index is -4.76. The van der Waals surface area contributed by atoms with Crippen molar-refractivity contribution in [3.05, 3.63) is 12.2 Å². The number of rotatable bonds is 4. The van der Waals surface area contributed by atoms with Gasteiger partial charge in [0, 0.05) is 13.1 Å². The van der Waals surface area contributed by atoms with Crippen LogP contribution in [0.2, 0.25) is 0 Å². The van der Waals surface area contributed by atoms with Gasteiger partial charge in [-0.05, 0) is 20.8 Å². The second-order valence-electron chi connectivity index (χ2n) is 3.98. The third-order valence-corrected chi connectivity index (χ3v) is 2.16. The van der Waals surface area contributed by atoms with E-state index in [1.165, 1.54) is 0 Å². The minimum absolute atomic E-state index is 0.0816. The van der Waals surface area contributed by atoms with Gasteiger partial charge >= 0.3 is 6.18 Å². The van der Waals surface area contributed by atoms with E-state index in [0.29, 0.717) is 12.5 Å². The first-order chi connectivity index (χ1) is 7.04. The van der Waals surface area contributed by atoms with Gasteiger partial charge in [0.1, 0.15) is 0 Å². The molecule has 0 rings (SSSR count). The number of carbonyl (C=O) groups is 1. The lowest BCUT2D eigenvalue weighted by Crippen LogP contribution is -2.62. The highest BCUT2D eigenvalue weighted by atomic mass is 19.4. The predicted octanol–water partition coefficient (Wildman–Crippen LogP) is 1.69. The van der Waals surface area contributed by atoms with Crippen molar-refractivity contribution in [3.63, 3.8) is 0 Å². The number of nitrogens with two attached hydrogens (primary N) is 1. The first kappa shape index (κ1) is 15.0. The quantitative estimate of drug-likeness (QED) is 0.757. The van der Waals surface area contributed by atoms with Gasteiger partial charge in [-0.25, -0.2) is 0 Å². The van der Waals surface area contributed by atoms with E-state index in [4.69, 9.17) is 5.73 Å². The van der Waals surface area contributed by atoms with E-state index >= 15 is 0 Å². The maximum absolute atomic E-state index is 12.5. The van der Waals surface area contributed by atoms with Crippen molar-refractivity contribution in [2.45, 2.75) is 32.5 Å². The third-order valence-electron chi connectivity index (χ3n) is 2.16. The van der Waals surface area contributed by atoms with Crippen molar-refractivity contribution in [2.75, 3.05) is 13.1 Å². The number of alkyl halides is 3. The van der Waals surface area contributed by atoms with Crippen molar-refractivity contribution in [1.82, 2.24) is 4.90 Å². The van der Waals surface area contributed by atoms with Gasteiger partial charge < -0.3 is 10.6 Å². The van der Waals surface area contributed by atoms with Crippen LogP contribution in [0.4, 0.5) is 13.2 Å². The molecule has 0 heterocycles. The molecule has 0 radical (unpaired) electrons. The number of hydrogen-bond donors (Lipinski definition) is 1. The average molecular weight is 238 g/mol. The Labute approximate surface area is 93.1 Å². The van der Waals surface area contributed by atoms with Crippen LogP contribution in [-0.4, -0.2) is 35.6 Å². The van der Waals surface area contributed by atoms with Gasteiger partial charge in [0.15, 0.2) is 5.54 Å². The monoisotopic (exact) mass is 238 g/mol. The van der Waals surface area contributed by atoms with Crippen LogP contribution in [0.3, 0.4) is 0 Å². The Morgan fingerprint density at radius 2 is 1.88 bits per heavy atom. The zero-order valence-corrected chi connectivity index (χ0v) is 9.69. The molecule has 0 aromatic heterocycles. The highest BCUT2D eigenvalue weighted by Gasteiger charge is 2.55. The molecular weight excluding hydrogens is 221 g/mol. The molecule has 0 spiro atoms. The van der Waals surface area contributed by atoms with Gasteiger partial charge in [-0.3, -0.25) is 4.79 Å². The third kappa shape index (κ3) is 3.23. The van der Waals surface area contributed by atoms with Crippen molar-refractivity contribution in [2.24, 2.45) is 5.73 Å². The van der Waals surface area contributed by atoms with E-state index < -0.39 is 17.6 Å². The van der Waals surface area contributed by atoms with Crippen LogP contribution in [0.15, 0.2) is 12.2 Å². The highest BCUT2D eigenvalue weighted by Crippen LogP contribution is 2.29. The lowest BCUT2D eigenvalue weighted by atomic mass is 10.0. The van der Waals surface area contributed by atoms with E-state index in [-0.39, 0.29) is 13.1 Å². The molecule has 0 aliphatic rings. The maximum atomic E-state index is 12.5. The fraction of sp³-hybridized carbons (Fsp3) is 0.700. The molecule has 0 saturated carbocycles. The molecule has 6 heteroatoms. The van der Waals surface area contributed by atoms with Crippen LogP contribution >= 0.6 is 0 Å². The fourth-order valence-electron chi connectivity index (χ4n) is 1.10. The van der Waals surface area contributed by atoms with Gasteiger partial charge in [-0.15, -0.1) is 0 Å². The highest BCUT2D eigenvalue weighted by molar-refractivity contribution is 5.86. The Bertz CT molecular complexity index is 284. The van der Waals surface area contributed by atoms with Gasteiger partial charge in [-0.2, -0.15) is 13.2 Å². The lowest BCUT2D eigenvalue weighted by molar-refractivity contribution is -0.193. The Kier molecular flexibility index (Phi) is 4.55. The summed E-state index contributed by atoms with van der Waals surface area (Å²) in [5, 5.41) is 0. The van der Waals surface area contributed by atoms with Crippen LogP contribution in [0.5, 0.6) is 0 Å². The Morgan fingerprint density at radius 1 is 1.44 bits per heavy atom. The summed E-state index contributed by atoms with van der Waals surface area (Å²) in [5.74, 6) is -1.13. The van der Waals surface area contributed by atoms with Crippen molar-refractivity contribution in [1.29, 1.82) is 0 Å². The molecule has 0 aromatic carbocycles. The van der Waals surface area contributed by atoms with Gasteiger partial charge in [0.25, 0.3) is 5.91 Å². The number of amides is 1. The molecule has 1 unspecified atom stereocenters. The van der Waals surface area contributed by atoms with E-state index in [1.807, 2.05) is 0 Å². The summed E-state index contributed by atoms with van der Waals surface area (Å²) < 4.78 is 37.6. The maximum Gasteiger partial charge on any atom is 0.415 e. The fourth-order valence-corrected chi connectivity index (χ4v) is 1.10. The Hall–Kier alpha value is -1.04. The zero-order chi connectivity index (χ0) is 13.1. The van der Waals surface area contributed by atoms with Crippen molar-refractivity contribution < 1.29 is 18.0 Å². The number of carbonyl (C=O) groups excluding carboxylic acids is 1. The van der Waals surface area contributed by atoms with Crippen molar-refractivity contribution in [3.8, 4) is 0 Å². The summed E-state index contributed by atoms with van der Waals surface area (Å²) in [7, 11) is 0. The topological polar surface area (TPSA) is 46.3 Å². The zero-order valence-electron chi connectivity index (χ0n) is 9.69. The SMILES string of the molecule is C=C(C)CN(CC)C(=O)C(C)(N)C(F)(F)F. The van der Waals surface area contributed by atoms with Gasteiger partial charge in [0.05, 0.1) is 0 Å². The summed E-state index contributed by atoms with van der Waals surface area (Å²) in [5.41, 5.74) is 2.80. The van der Waals surface area contributed by atoms with Crippen LogP contribution < -0.4 is 5.73 Å². The van der Waals surface area contributed by atoms with E-state index in [1.54, 1.807) is 13.8 Å². The molecule has 94 valence electrons. The minimum Gasteiger partial charge on any atom is -0.337 e. The predicted molar refractivity (Wildman–Crippen MR) is 55.7 cm³/mol. The van der Waals surface area contributed by atoms with E-state index in [9.17, 15) is 18.0 Å². The molecule has 0 fully saturated rings. The molecule has 1 atom stereocenters. The number of halogens is 3. The smallest absolute Gasteiger partial charge is 0.337 e. The molecule has 0 bridgehead atoms. The molecule has 1 amide bonds. The summed E-state index contributed by atoms with van der Waals surface area (Å²) in [6, 6.07) is 0. The largest absolute Gasteiger partial charge is 0.415 e. The van der Waals surface area contributed by atoms with E-state index in [2.05, 4.69) is 6.58 Å². The Balaban J connectivity index is 4.95. The van der Waals surface area contributed by atoms with Crippen LogP contribution in [0, 0.1) is 0 Å². The molecule has 0 aliphatic heterocycles. The molecule has 0 saturated heterocycles. The summed E-state index contributed by atoms with van der Waals surface area (Å²) in [4.78, 5) is 12.7. The molecule has 0 aromatic rings. The first-order valence-electron chi connectivity index (χ1n) is 4.83. The summed E-state index contributed by atoms with van der Waals surface area (Å²) in [6.07, 6.45) is -4.76. The molecule has 2 N–H and O–H groups in total. The average Bonchev–Trinajstić information content (AvgIpc) is 2.10.